The molecule has 0 atom stereocenters. The third-order valence-electron chi connectivity index (χ3n) is 2.86. The molecular weight excluding hydrogens is 336 g/mol. The summed E-state index contributed by atoms with van der Waals surface area (Å²) in [6, 6.07) is 9.79. The van der Waals surface area contributed by atoms with Crippen molar-refractivity contribution in [2.45, 2.75) is 0 Å². The van der Waals surface area contributed by atoms with E-state index < -0.39 is 17.7 Å². The van der Waals surface area contributed by atoms with Gasteiger partial charge < -0.3 is 10.1 Å². The summed E-state index contributed by atoms with van der Waals surface area (Å²) in [4.78, 5) is 15.2. The molecule has 0 unspecified atom stereocenters. The lowest BCUT2D eigenvalue weighted by Crippen LogP contribution is -2.33. The van der Waals surface area contributed by atoms with Gasteiger partial charge in [-0.1, -0.05) is 18.2 Å². The smallest absolute Gasteiger partial charge is 0.413 e. The van der Waals surface area contributed by atoms with Gasteiger partial charge in [0.2, 0.25) is 0 Å². The second-order valence-electron chi connectivity index (χ2n) is 4.51. The quantitative estimate of drug-likeness (QED) is 0.654. The zero-order valence-electron chi connectivity index (χ0n) is 12.5. The molecule has 2 rings (SSSR count). The third kappa shape index (κ3) is 4.82. The Morgan fingerprint density at radius 3 is 2.71 bits per heavy atom. The molecule has 8 heteroatoms. The zero-order valence-corrected chi connectivity index (χ0v) is 13.4. The van der Waals surface area contributed by atoms with Gasteiger partial charge in [-0.05, 0) is 30.4 Å². The molecule has 0 fully saturated rings. The number of anilines is 1. The molecule has 2 aromatic carbocycles. The van der Waals surface area contributed by atoms with Crippen LogP contribution in [0.4, 0.5) is 25.0 Å². The molecule has 0 radical (unpaired) electrons. The van der Waals surface area contributed by atoms with Gasteiger partial charge >= 0.3 is 6.09 Å². The Labute approximate surface area is 142 Å². The van der Waals surface area contributed by atoms with Gasteiger partial charge in [-0.3, -0.25) is 10.3 Å². The van der Waals surface area contributed by atoms with Crippen LogP contribution in [-0.2, 0) is 4.74 Å². The number of carbonyl (C=O) groups is 1. The van der Waals surface area contributed by atoms with E-state index in [1.807, 2.05) is 0 Å². The Bertz CT molecular complexity index is 797. The van der Waals surface area contributed by atoms with Gasteiger partial charge in [0.05, 0.1) is 18.5 Å². The van der Waals surface area contributed by atoms with Gasteiger partial charge in [0.1, 0.15) is 11.6 Å². The summed E-state index contributed by atoms with van der Waals surface area (Å²) >= 11 is 4.94. The lowest BCUT2D eigenvalue weighted by Gasteiger charge is -2.11. The molecule has 24 heavy (non-hydrogen) atoms. The molecule has 2 N–H and O–H groups in total. The van der Waals surface area contributed by atoms with Crippen LogP contribution in [-0.4, -0.2) is 24.5 Å². The van der Waals surface area contributed by atoms with Crippen molar-refractivity contribution in [3.05, 3.63) is 59.7 Å². The molecule has 0 saturated heterocycles. The van der Waals surface area contributed by atoms with Crippen molar-refractivity contribution in [2.75, 3.05) is 12.4 Å². The highest BCUT2D eigenvalue weighted by atomic mass is 32.1. The van der Waals surface area contributed by atoms with Crippen molar-refractivity contribution in [3.63, 3.8) is 0 Å². The maximum atomic E-state index is 13.6. The summed E-state index contributed by atoms with van der Waals surface area (Å²) in [6.45, 7) is 0. The number of aliphatic imine (C=N–C) groups is 1. The SMILES string of the molecule is COC(=O)NC(=S)Nc1ccc(F)cc1N=Cc1ccccc1F. The van der Waals surface area contributed by atoms with E-state index >= 15 is 0 Å². The minimum absolute atomic E-state index is 0.0456. The Hall–Kier alpha value is -2.87. The monoisotopic (exact) mass is 349 g/mol. The van der Waals surface area contributed by atoms with Gasteiger partial charge in [0.25, 0.3) is 0 Å². The first kappa shape index (κ1) is 17.5. The number of halogens is 2. The van der Waals surface area contributed by atoms with Crippen LogP contribution in [0.2, 0.25) is 0 Å². The number of rotatable bonds is 3. The van der Waals surface area contributed by atoms with Gasteiger partial charge in [0.15, 0.2) is 5.11 Å². The highest BCUT2D eigenvalue weighted by Gasteiger charge is 2.08. The first-order valence-corrected chi connectivity index (χ1v) is 7.14. The van der Waals surface area contributed by atoms with Crippen molar-refractivity contribution in [1.29, 1.82) is 0 Å². The third-order valence-corrected chi connectivity index (χ3v) is 3.06. The Balaban J connectivity index is 2.23. The van der Waals surface area contributed by atoms with E-state index in [4.69, 9.17) is 12.2 Å². The number of alkyl carbamates (subject to hydrolysis) is 1. The highest BCUT2D eigenvalue weighted by molar-refractivity contribution is 7.80. The Morgan fingerprint density at radius 1 is 1.25 bits per heavy atom. The van der Waals surface area contributed by atoms with Crippen molar-refractivity contribution in [1.82, 2.24) is 5.32 Å². The molecule has 0 aliphatic rings. The molecular formula is C16H13F2N3O2S. The van der Waals surface area contributed by atoms with Crippen molar-refractivity contribution < 1.29 is 18.3 Å². The second-order valence-corrected chi connectivity index (χ2v) is 4.92. The number of thiocarbonyl (C=S) groups is 1. The number of nitrogens with one attached hydrogen (secondary N) is 2. The molecule has 0 aliphatic heterocycles. The Kier molecular flexibility index (Phi) is 5.91. The molecule has 0 heterocycles. The molecule has 0 spiro atoms. The zero-order chi connectivity index (χ0) is 17.5. The van der Waals surface area contributed by atoms with Crippen molar-refractivity contribution >= 4 is 41.0 Å². The van der Waals surface area contributed by atoms with Crippen LogP contribution in [0.25, 0.3) is 0 Å². The van der Waals surface area contributed by atoms with Crippen LogP contribution in [0.15, 0.2) is 47.5 Å². The fraction of sp³-hybridized carbons (Fsp3) is 0.0625. The van der Waals surface area contributed by atoms with Gasteiger partial charge in [-0.25, -0.2) is 13.6 Å². The largest absolute Gasteiger partial charge is 0.453 e. The maximum absolute atomic E-state index is 13.6. The first-order chi connectivity index (χ1) is 11.5. The van der Waals surface area contributed by atoms with E-state index in [1.165, 1.54) is 37.6 Å². The summed E-state index contributed by atoms with van der Waals surface area (Å²) in [5.41, 5.74) is 0.778. The minimum atomic E-state index is -0.744. The summed E-state index contributed by atoms with van der Waals surface area (Å²) in [7, 11) is 1.19. The normalized spacial score (nSPS) is 10.5. The number of hydrogen-bond donors (Lipinski definition) is 2. The highest BCUT2D eigenvalue weighted by Crippen LogP contribution is 2.26. The van der Waals surface area contributed by atoms with Crippen LogP contribution < -0.4 is 10.6 Å². The molecule has 124 valence electrons. The summed E-state index contributed by atoms with van der Waals surface area (Å²) in [6.07, 6.45) is 0.525. The van der Waals surface area contributed by atoms with E-state index in [1.54, 1.807) is 12.1 Å². The van der Waals surface area contributed by atoms with Crippen LogP contribution in [0.1, 0.15) is 5.56 Å². The molecule has 0 aromatic heterocycles. The van der Waals surface area contributed by atoms with E-state index in [2.05, 4.69) is 20.4 Å². The predicted molar refractivity (Wildman–Crippen MR) is 91.8 cm³/mol. The molecule has 2 aromatic rings. The van der Waals surface area contributed by atoms with Crippen LogP contribution in [0, 0.1) is 11.6 Å². The number of hydrogen-bond acceptors (Lipinski definition) is 4. The van der Waals surface area contributed by atoms with E-state index in [0.29, 0.717) is 5.69 Å². The summed E-state index contributed by atoms with van der Waals surface area (Å²) in [5.74, 6) is -0.969. The van der Waals surface area contributed by atoms with E-state index in [-0.39, 0.29) is 16.4 Å². The number of nitrogens with zero attached hydrogens (tertiary/aromatic N) is 1. The fourth-order valence-corrected chi connectivity index (χ4v) is 1.93. The molecule has 1 amide bonds. The Morgan fingerprint density at radius 2 is 2.00 bits per heavy atom. The standard InChI is InChI=1S/C16H13F2N3O2S/c1-23-16(22)21-15(24)20-13-7-6-11(17)8-14(13)19-9-10-4-2-3-5-12(10)18/h2-9H,1H3,(H2,20,21,22,24). The van der Waals surface area contributed by atoms with Crippen LogP contribution in [0.5, 0.6) is 0 Å². The van der Waals surface area contributed by atoms with E-state index in [9.17, 15) is 13.6 Å². The lowest BCUT2D eigenvalue weighted by molar-refractivity contribution is 0.177. The number of ether oxygens (including phenoxy) is 1. The van der Waals surface area contributed by atoms with Crippen LogP contribution >= 0.6 is 12.2 Å². The van der Waals surface area contributed by atoms with Gasteiger partial charge in [0, 0.05) is 17.8 Å². The van der Waals surface area contributed by atoms with Crippen LogP contribution in [0.3, 0.4) is 0 Å². The summed E-state index contributed by atoms with van der Waals surface area (Å²) < 4.78 is 31.5. The predicted octanol–water partition coefficient (Wildman–Crippen LogP) is 3.77. The minimum Gasteiger partial charge on any atom is -0.453 e. The topological polar surface area (TPSA) is 62.7 Å². The first-order valence-electron chi connectivity index (χ1n) is 6.73. The van der Waals surface area contributed by atoms with Crippen molar-refractivity contribution in [2.24, 2.45) is 4.99 Å². The van der Waals surface area contributed by atoms with Crippen molar-refractivity contribution in [3.8, 4) is 0 Å². The van der Waals surface area contributed by atoms with Gasteiger partial charge in [-0.2, -0.15) is 0 Å². The number of carbonyl (C=O) groups excluding carboxylic acids is 1. The average molecular weight is 349 g/mol. The number of amides is 1. The maximum Gasteiger partial charge on any atom is 0.413 e. The lowest BCUT2D eigenvalue weighted by atomic mass is 10.2. The molecule has 0 bridgehead atoms. The molecule has 0 saturated carbocycles. The molecule has 0 aliphatic carbocycles. The number of methoxy groups -OCH3 is 1. The number of benzene rings is 2. The fourth-order valence-electron chi connectivity index (χ4n) is 1.73. The molecule has 5 nitrogen and oxygen atoms in total. The van der Waals surface area contributed by atoms with E-state index in [0.717, 1.165) is 6.07 Å². The summed E-state index contributed by atoms with van der Waals surface area (Å²) in [5, 5.41) is 4.91. The second kappa shape index (κ2) is 8.11. The average Bonchev–Trinajstić information content (AvgIpc) is 2.56. The van der Waals surface area contributed by atoms with Gasteiger partial charge in [-0.15, -0.1) is 0 Å².